The summed E-state index contributed by atoms with van der Waals surface area (Å²) >= 11 is 3.77. The normalized spacial score (nSPS) is 13.3. The second kappa shape index (κ2) is 5.07. The number of aromatic nitrogens is 1. The number of hydrogen-bond donors (Lipinski definition) is 1. The highest BCUT2D eigenvalue weighted by Crippen LogP contribution is 2.51. The largest absolute Gasteiger partial charge is 0.354 e. The highest BCUT2D eigenvalue weighted by atomic mass is 32.2. The fourth-order valence-electron chi connectivity index (χ4n) is 3.61. The quantitative estimate of drug-likeness (QED) is 0.313. The maximum absolute atomic E-state index is 3.56. The third-order valence-corrected chi connectivity index (χ3v) is 7.31. The third-order valence-electron chi connectivity index (χ3n) is 4.82. The zero-order valence-corrected chi connectivity index (χ0v) is 14.9. The predicted octanol–water partition coefficient (Wildman–Crippen LogP) is 7.09. The molecule has 0 saturated carbocycles. The molecule has 4 aromatic carbocycles. The van der Waals surface area contributed by atoms with Crippen LogP contribution in [0.4, 0.5) is 0 Å². The van der Waals surface area contributed by atoms with Crippen LogP contribution in [0, 0.1) is 0 Å². The van der Waals surface area contributed by atoms with Crippen molar-refractivity contribution in [1.82, 2.24) is 4.98 Å². The second-order valence-electron chi connectivity index (χ2n) is 6.37. The molecule has 0 saturated heterocycles. The van der Waals surface area contributed by atoms with Gasteiger partial charge in [-0.3, -0.25) is 0 Å². The van der Waals surface area contributed by atoms with Crippen molar-refractivity contribution in [2.24, 2.45) is 0 Å². The van der Waals surface area contributed by atoms with Crippen LogP contribution < -0.4 is 0 Å². The van der Waals surface area contributed by atoms with E-state index in [0.717, 1.165) is 0 Å². The Morgan fingerprint density at radius 2 is 1.12 bits per heavy atom. The van der Waals surface area contributed by atoms with E-state index in [1.54, 1.807) is 0 Å². The molecule has 3 heteroatoms. The number of H-pyrrole nitrogens is 1. The fourth-order valence-corrected chi connectivity index (χ4v) is 5.95. The lowest BCUT2D eigenvalue weighted by atomic mass is 10.1. The van der Waals surface area contributed by atoms with Crippen LogP contribution in [-0.4, -0.2) is 4.98 Å². The maximum atomic E-state index is 3.56. The van der Waals surface area contributed by atoms with Crippen LogP contribution in [0.15, 0.2) is 92.4 Å². The summed E-state index contributed by atoms with van der Waals surface area (Å²) in [6.45, 7) is 0. The van der Waals surface area contributed by atoms with Crippen molar-refractivity contribution >= 4 is 56.1 Å². The molecule has 2 heterocycles. The van der Waals surface area contributed by atoms with Gasteiger partial charge in [0.05, 0.1) is 0 Å². The average Bonchev–Trinajstić information content (AvgIpc) is 3.00. The Labute approximate surface area is 153 Å². The zero-order chi connectivity index (χ0) is 16.4. The lowest BCUT2D eigenvalue weighted by Gasteiger charge is -2.19. The van der Waals surface area contributed by atoms with E-state index >= 15 is 0 Å². The summed E-state index contributed by atoms with van der Waals surface area (Å²) in [5.41, 5.74) is 2.43. The van der Waals surface area contributed by atoms with Crippen LogP contribution >= 0.6 is 23.5 Å². The molecule has 1 aliphatic rings. The van der Waals surface area contributed by atoms with Crippen molar-refractivity contribution < 1.29 is 0 Å². The molecule has 0 atom stereocenters. The van der Waals surface area contributed by atoms with Gasteiger partial charge in [-0.15, -0.1) is 0 Å². The molecule has 0 radical (unpaired) electrons. The number of nitrogens with one attached hydrogen (secondary N) is 1. The number of fused-ring (bicyclic) bond motifs is 6. The van der Waals surface area contributed by atoms with Gasteiger partial charge in [0.25, 0.3) is 0 Å². The van der Waals surface area contributed by atoms with Crippen molar-refractivity contribution in [1.29, 1.82) is 0 Å². The summed E-state index contributed by atoms with van der Waals surface area (Å²) < 4.78 is 0. The fraction of sp³-hybridized carbons (Fsp3) is 0. The molecule has 0 spiro atoms. The highest BCUT2D eigenvalue weighted by molar-refractivity contribution is 8.05. The van der Waals surface area contributed by atoms with E-state index in [2.05, 4.69) is 77.8 Å². The van der Waals surface area contributed by atoms with Gasteiger partial charge in [0.2, 0.25) is 0 Å². The molecule has 1 N–H and O–H groups in total. The molecule has 1 aliphatic heterocycles. The topological polar surface area (TPSA) is 15.8 Å². The van der Waals surface area contributed by atoms with Gasteiger partial charge >= 0.3 is 0 Å². The summed E-state index contributed by atoms with van der Waals surface area (Å²) in [6.07, 6.45) is 0. The summed E-state index contributed by atoms with van der Waals surface area (Å²) in [4.78, 5) is 8.96. The Morgan fingerprint density at radius 1 is 0.520 bits per heavy atom. The Morgan fingerprint density at radius 3 is 1.88 bits per heavy atom. The number of para-hydroxylation sites is 1. The van der Waals surface area contributed by atoms with Gasteiger partial charge in [0.1, 0.15) is 0 Å². The van der Waals surface area contributed by atoms with Crippen molar-refractivity contribution in [3.8, 4) is 0 Å². The first kappa shape index (κ1) is 13.9. The molecule has 0 bridgehead atoms. The lowest BCUT2D eigenvalue weighted by molar-refractivity contribution is 1.18. The molecule has 1 nitrogen and oxygen atoms in total. The summed E-state index contributed by atoms with van der Waals surface area (Å²) in [7, 11) is 0. The minimum atomic E-state index is 1.21. The monoisotopic (exact) mass is 355 g/mol. The molecule has 0 aliphatic carbocycles. The van der Waals surface area contributed by atoms with E-state index in [4.69, 9.17) is 0 Å². The van der Waals surface area contributed by atoms with Crippen LogP contribution in [-0.2, 0) is 0 Å². The molecule has 6 rings (SSSR count). The summed E-state index contributed by atoms with van der Waals surface area (Å²) in [5.74, 6) is 0. The zero-order valence-electron chi connectivity index (χ0n) is 13.2. The first-order valence-corrected chi connectivity index (χ1v) is 9.91. The minimum Gasteiger partial charge on any atom is -0.354 e. The Kier molecular flexibility index (Phi) is 2.81. The average molecular weight is 355 g/mol. The van der Waals surface area contributed by atoms with Gasteiger partial charge in [0.15, 0.2) is 0 Å². The first-order valence-electron chi connectivity index (χ1n) is 8.28. The van der Waals surface area contributed by atoms with Crippen LogP contribution in [0.2, 0.25) is 0 Å². The standard InChI is InChI=1S/C22H13NS2/c1-2-6-14-10-20-19(9-13(14)5-1)24-21-11-16-15-7-3-4-8-17(15)23-18(16)12-22(21)25-20/h1-12,23H. The Bertz CT molecular complexity index is 1300. The molecule has 0 amide bonds. The third kappa shape index (κ3) is 2.06. The molecule has 0 fully saturated rings. The van der Waals surface area contributed by atoms with Gasteiger partial charge < -0.3 is 4.98 Å². The molecule has 0 unspecified atom stereocenters. The SMILES string of the molecule is c1ccc2cc3c(cc2c1)Sc1cc2[nH]c4ccccc4c2cc1S3. The van der Waals surface area contributed by atoms with E-state index in [0.29, 0.717) is 0 Å². The van der Waals surface area contributed by atoms with Crippen LogP contribution in [0.3, 0.4) is 0 Å². The van der Waals surface area contributed by atoms with Gasteiger partial charge in [0, 0.05) is 41.4 Å². The van der Waals surface area contributed by atoms with Crippen LogP contribution in [0.25, 0.3) is 32.6 Å². The van der Waals surface area contributed by atoms with Crippen molar-refractivity contribution in [2.45, 2.75) is 19.6 Å². The molecule has 25 heavy (non-hydrogen) atoms. The predicted molar refractivity (Wildman–Crippen MR) is 108 cm³/mol. The van der Waals surface area contributed by atoms with Crippen molar-refractivity contribution in [3.63, 3.8) is 0 Å². The van der Waals surface area contributed by atoms with Gasteiger partial charge in [-0.2, -0.15) is 0 Å². The van der Waals surface area contributed by atoms with Crippen molar-refractivity contribution in [2.75, 3.05) is 0 Å². The van der Waals surface area contributed by atoms with Gasteiger partial charge in [-0.1, -0.05) is 66.0 Å². The van der Waals surface area contributed by atoms with Crippen LogP contribution in [0.5, 0.6) is 0 Å². The lowest BCUT2D eigenvalue weighted by Crippen LogP contribution is -1.90. The van der Waals surface area contributed by atoms with Gasteiger partial charge in [-0.25, -0.2) is 0 Å². The minimum absolute atomic E-state index is 1.21. The number of rotatable bonds is 0. The Hall–Kier alpha value is -2.36. The number of hydrogen-bond acceptors (Lipinski definition) is 2. The molecule has 5 aromatic rings. The van der Waals surface area contributed by atoms with Crippen molar-refractivity contribution in [3.05, 3.63) is 72.8 Å². The summed E-state index contributed by atoms with van der Waals surface area (Å²) in [6, 6.07) is 26.4. The highest BCUT2D eigenvalue weighted by Gasteiger charge is 2.19. The molecule has 118 valence electrons. The second-order valence-corrected chi connectivity index (χ2v) is 8.53. The van der Waals surface area contributed by atoms with E-state index in [9.17, 15) is 0 Å². The van der Waals surface area contributed by atoms with E-state index in [1.807, 2.05) is 23.5 Å². The molecular formula is C22H13NS2. The Balaban J connectivity index is 1.58. The number of benzene rings is 4. The number of aromatic amines is 1. The van der Waals surface area contributed by atoms with E-state index < -0.39 is 0 Å². The maximum Gasteiger partial charge on any atom is 0.0477 e. The molecule has 1 aromatic heterocycles. The van der Waals surface area contributed by atoms with E-state index in [1.165, 1.54) is 52.2 Å². The van der Waals surface area contributed by atoms with E-state index in [-0.39, 0.29) is 0 Å². The summed E-state index contributed by atoms with van der Waals surface area (Å²) in [5, 5.41) is 5.23. The van der Waals surface area contributed by atoms with Gasteiger partial charge in [-0.05, 0) is 41.1 Å². The first-order chi connectivity index (χ1) is 12.3. The van der Waals surface area contributed by atoms with Crippen LogP contribution in [0.1, 0.15) is 0 Å². The smallest absolute Gasteiger partial charge is 0.0477 e. The molecular weight excluding hydrogens is 342 g/mol.